The lowest BCUT2D eigenvalue weighted by Crippen LogP contribution is -2.17. The molecule has 2 saturated carbocycles. The molecule has 10 nitrogen and oxygen atoms in total. The molecule has 0 aliphatic heterocycles. The van der Waals surface area contributed by atoms with E-state index in [2.05, 4.69) is 8.73 Å². The smallest absolute Gasteiger partial charge is 0.259 e. The number of nitrogens with two attached hydrogens (primary N) is 2. The number of amides is 2. The van der Waals surface area contributed by atoms with Gasteiger partial charge in [0.15, 0.2) is 39.9 Å². The number of aliphatic hydroxyl groups is 2. The Kier molecular flexibility index (Phi) is 13.5. The number of hydrogen-bond acceptors (Lipinski definition) is 8. The summed E-state index contributed by atoms with van der Waals surface area (Å²) in [5.41, 5.74) is -0.967. The first-order chi connectivity index (χ1) is 28.4. The Morgan fingerprint density at radius 1 is 0.742 bits per heavy atom. The van der Waals surface area contributed by atoms with Gasteiger partial charge in [-0.25, -0.2) is 36.3 Å². The van der Waals surface area contributed by atoms with E-state index in [1.54, 1.807) is 13.8 Å². The Bertz CT molecular complexity index is 2760. The SMILES string of the molecule is CC(C)c1cc(Cl)c(F)c(C2CC2C2CC2c2cc(Cl)c(F)c(C(C)C)c2CC(=O)N=S(N)(=O)c2sc(C(C)(C)O)cc2F)c1CC(=O)N=S(N)(=O)c1sc(C(C)(C)O)cc1F. The van der Waals surface area contributed by atoms with E-state index in [-0.39, 0.29) is 60.2 Å². The molecule has 2 heterocycles. The summed E-state index contributed by atoms with van der Waals surface area (Å²) in [4.78, 5) is 27.4. The first-order valence-corrected chi connectivity index (χ1v) is 25.2. The van der Waals surface area contributed by atoms with Gasteiger partial charge in [-0.3, -0.25) is 9.59 Å². The molecule has 338 valence electrons. The molecule has 20 heteroatoms. The minimum atomic E-state index is -4.12. The zero-order valence-corrected chi connectivity index (χ0v) is 39.9. The number of nitrogens with zero attached hydrogens (tertiary/aromatic N) is 2. The van der Waals surface area contributed by atoms with Gasteiger partial charge in [0.1, 0.15) is 11.6 Å². The van der Waals surface area contributed by atoms with E-state index in [1.807, 2.05) is 13.8 Å². The van der Waals surface area contributed by atoms with E-state index in [0.717, 1.165) is 12.1 Å². The third kappa shape index (κ3) is 9.89. The van der Waals surface area contributed by atoms with Crippen molar-refractivity contribution in [1.29, 1.82) is 0 Å². The number of rotatable bonds is 13. The monoisotopic (exact) mass is 978 g/mol. The summed E-state index contributed by atoms with van der Waals surface area (Å²) < 4.78 is 95.3. The first kappa shape index (κ1) is 48.7. The van der Waals surface area contributed by atoms with Crippen molar-refractivity contribution in [1.82, 2.24) is 0 Å². The molecule has 2 amide bonds. The second kappa shape index (κ2) is 17.2. The average molecular weight is 980 g/mol. The Morgan fingerprint density at radius 2 is 1.18 bits per heavy atom. The molecular weight excluding hydrogens is 932 g/mol. The Balaban J connectivity index is 1.32. The highest BCUT2D eigenvalue weighted by atomic mass is 35.5. The molecule has 62 heavy (non-hydrogen) atoms. The van der Waals surface area contributed by atoms with Gasteiger partial charge in [0.2, 0.25) is 0 Å². The van der Waals surface area contributed by atoms with Crippen LogP contribution in [0.15, 0.2) is 41.4 Å². The van der Waals surface area contributed by atoms with Gasteiger partial charge in [-0.05, 0) is 134 Å². The zero-order valence-electron chi connectivity index (χ0n) is 35.1. The molecule has 2 aliphatic rings. The molecule has 2 aromatic carbocycles. The van der Waals surface area contributed by atoms with Gasteiger partial charge in [-0.15, -0.1) is 31.4 Å². The van der Waals surface area contributed by atoms with Gasteiger partial charge >= 0.3 is 0 Å². The van der Waals surface area contributed by atoms with E-state index in [4.69, 9.17) is 33.5 Å². The Labute approximate surface area is 377 Å². The van der Waals surface area contributed by atoms with Gasteiger partial charge in [-0.2, -0.15) is 0 Å². The summed E-state index contributed by atoms with van der Waals surface area (Å²) in [5, 5.41) is 32.2. The van der Waals surface area contributed by atoms with E-state index in [0.29, 0.717) is 52.2 Å². The first-order valence-electron chi connectivity index (χ1n) is 19.7. The van der Waals surface area contributed by atoms with Crippen molar-refractivity contribution < 1.29 is 45.8 Å². The minimum Gasteiger partial charge on any atom is -0.385 e. The Hall–Kier alpha value is -2.78. The van der Waals surface area contributed by atoms with Crippen LogP contribution in [-0.4, -0.2) is 30.4 Å². The molecule has 4 aromatic rings. The minimum absolute atomic E-state index is 0.116. The lowest BCUT2D eigenvalue weighted by Gasteiger charge is -2.20. The molecule has 0 bridgehead atoms. The topological polar surface area (TPSA) is 186 Å². The van der Waals surface area contributed by atoms with Crippen LogP contribution in [0.2, 0.25) is 10.0 Å². The summed E-state index contributed by atoms with van der Waals surface area (Å²) in [6, 6.07) is 4.83. The van der Waals surface area contributed by atoms with Crippen molar-refractivity contribution in [2.75, 3.05) is 0 Å². The van der Waals surface area contributed by atoms with Crippen molar-refractivity contribution in [2.45, 2.75) is 124 Å². The third-order valence-corrected chi connectivity index (χ3v) is 18.5. The predicted octanol–water partition coefficient (Wildman–Crippen LogP) is 10.2. The fourth-order valence-corrected chi connectivity index (χ4v) is 13.4. The third-order valence-electron chi connectivity index (χ3n) is 11.2. The average Bonchev–Trinajstić information content (AvgIpc) is 3.99. The quantitative estimate of drug-likeness (QED) is 0.0966. The van der Waals surface area contributed by atoms with Crippen LogP contribution in [0.1, 0.15) is 135 Å². The largest absolute Gasteiger partial charge is 0.385 e. The molecular formula is C42H48Cl2F4N4O6S4. The van der Waals surface area contributed by atoms with Crippen LogP contribution in [0.4, 0.5) is 17.6 Å². The van der Waals surface area contributed by atoms with Crippen LogP contribution < -0.4 is 10.3 Å². The van der Waals surface area contributed by atoms with Gasteiger partial charge in [0, 0.05) is 9.75 Å². The van der Waals surface area contributed by atoms with E-state index < -0.39 is 99.2 Å². The van der Waals surface area contributed by atoms with Crippen molar-refractivity contribution in [3.05, 3.63) is 101 Å². The number of benzene rings is 2. The lowest BCUT2D eigenvalue weighted by molar-refractivity contribution is -0.117. The van der Waals surface area contributed by atoms with Crippen LogP contribution >= 0.6 is 45.9 Å². The second-order valence-electron chi connectivity index (χ2n) is 17.7. The van der Waals surface area contributed by atoms with Gasteiger partial charge in [0.25, 0.3) is 11.8 Å². The summed E-state index contributed by atoms with van der Waals surface area (Å²) in [5.74, 6) is -7.17. The molecule has 6 atom stereocenters. The van der Waals surface area contributed by atoms with Crippen molar-refractivity contribution in [3.8, 4) is 0 Å². The Morgan fingerprint density at radius 3 is 1.61 bits per heavy atom. The van der Waals surface area contributed by atoms with Crippen LogP contribution in [0.5, 0.6) is 0 Å². The molecule has 6 unspecified atom stereocenters. The van der Waals surface area contributed by atoms with Crippen LogP contribution in [0, 0.1) is 35.1 Å². The predicted molar refractivity (Wildman–Crippen MR) is 235 cm³/mol. The fraction of sp³-hybridized carbons (Fsp3) is 0.476. The zero-order chi connectivity index (χ0) is 46.3. The molecule has 6 rings (SSSR count). The van der Waals surface area contributed by atoms with E-state index in [9.17, 15) is 37.0 Å². The normalized spacial score (nSPS) is 20.9. The maximum Gasteiger partial charge on any atom is 0.259 e. The highest BCUT2D eigenvalue weighted by molar-refractivity contribution is 7.94. The van der Waals surface area contributed by atoms with Crippen LogP contribution in [0.3, 0.4) is 0 Å². The van der Waals surface area contributed by atoms with Crippen molar-refractivity contribution in [3.63, 3.8) is 0 Å². The molecule has 0 spiro atoms. The molecule has 0 saturated heterocycles. The lowest BCUT2D eigenvalue weighted by atomic mass is 9.87. The molecule has 2 aromatic heterocycles. The number of carbonyl (C=O) groups excluding carboxylic acids is 2. The van der Waals surface area contributed by atoms with Gasteiger partial charge < -0.3 is 10.2 Å². The van der Waals surface area contributed by atoms with Crippen molar-refractivity contribution in [2.24, 2.45) is 30.8 Å². The molecule has 2 aliphatic carbocycles. The number of thiophene rings is 2. The molecule has 0 radical (unpaired) electrons. The maximum absolute atomic E-state index is 16.3. The highest BCUT2D eigenvalue weighted by Gasteiger charge is 2.56. The number of carbonyl (C=O) groups is 2. The summed E-state index contributed by atoms with van der Waals surface area (Å²) in [6.45, 7) is 12.7. The second-order valence-corrected chi connectivity index (χ2v) is 24.6. The van der Waals surface area contributed by atoms with Crippen LogP contribution in [0.25, 0.3) is 0 Å². The highest BCUT2D eigenvalue weighted by Crippen LogP contribution is 2.67. The molecule has 6 N–H and O–H groups in total. The van der Waals surface area contributed by atoms with E-state index in [1.165, 1.54) is 39.8 Å². The number of hydrogen-bond donors (Lipinski definition) is 4. The van der Waals surface area contributed by atoms with Crippen LogP contribution in [-0.2, 0) is 53.5 Å². The maximum atomic E-state index is 16.3. The van der Waals surface area contributed by atoms with Crippen molar-refractivity contribution >= 4 is 77.5 Å². The standard InChI is InChI=1S/C42H48Cl2F4N4O6S4/c1-17(2)19-11-27(43)38(48)36(25(19)13-33(53)51-61(49,57)39-29(45)15-31(59-39)41(5,6)55)24-10-22(24)20-9-21(20)23-12-28(44)37(47)35(18(3)4)26(23)14-34(54)52-62(50,58)40-30(46)16-32(60-40)42(7,8)56/h11-12,15-18,20-22,24,55-56H,9-10,13-14H2,1-8H3,(H2,49,51,53,57)(H2,50,52,54,58). The van der Waals surface area contributed by atoms with Gasteiger partial charge in [0.05, 0.1) is 34.1 Å². The molecule has 2 fully saturated rings. The summed E-state index contributed by atoms with van der Waals surface area (Å²) >= 11 is 14.2. The summed E-state index contributed by atoms with van der Waals surface area (Å²) in [6.07, 6.45) is -0.0354. The number of halogens is 6. The van der Waals surface area contributed by atoms with E-state index >= 15 is 8.78 Å². The summed E-state index contributed by atoms with van der Waals surface area (Å²) in [7, 11) is -8.23. The fourth-order valence-electron chi connectivity index (χ4n) is 8.16. The van der Waals surface area contributed by atoms with Gasteiger partial charge in [-0.1, -0.05) is 50.9 Å².